The number of rotatable bonds is 4. The van der Waals surface area contributed by atoms with Gasteiger partial charge in [0.25, 0.3) is 0 Å². The molecule has 2 N–H and O–H groups in total. The third kappa shape index (κ3) is 2.91. The molecule has 0 bridgehead atoms. The van der Waals surface area contributed by atoms with Crippen molar-refractivity contribution < 1.29 is 4.79 Å². The standard InChI is InChI=1S/C15H20N2O/c18-15-7-6-14(10-17-15)16-9-11-2-1-3-13(8-11)12-4-5-12/h1-3,8,12,14,16H,4-7,9-10H2,(H,17,18). The molecule has 96 valence electrons. The molecular formula is C15H20N2O. The van der Waals surface area contributed by atoms with Crippen LogP contribution in [0.3, 0.4) is 0 Å². The van der Waals surface area contributed by atoms with E-state index in [0.29, 0.717) is 12.5 Å². The highest BCUT2D eigenvalue weighted by Gasteiger charge is 2.23. The van der Waals surface area contributed by atoms with Crippen LogP contribution in [0.25, 0.3) is 0 Å². The van der Waals surface area contributed by atoms with E-state index >= 15 is 0 Å². The van der Waals surface area contributed by atoms with Crippen molar-refractivity contribution in [3.8, 4) is 0 Å². The lowest BCUT2D eigenvalue weighted by Crippen LogP contribution is -2.45. The maximum Gasteiger partial charge on any atom is 0.220 e. The van der Waals surface area contributed by atoms with Gasteiger partial charge in [0.05, 0.1) is 0 Å². The molecule has 1 heterocycles. The highest BCUT2D eigenvalue weighted by molar-refractivity contribution is 5.76. The minimum Gasteiger partial charge on any atom is -0.355 e. The van der Waals surface area contributed by atoms with Crippen molar-refractivity contribution in [3.05, 3.63) is 35.4 Å². The van der Waals surface area contributed by atoms with Crippen LogP contribution in [0.5, 0.6) is 0 Å². The van der Waals surface area contributed by atoms with Crippen molar-refractivity contribution in [1.82, 2.24) is 10.6 Å². The summed E-state index contributed by atoms with van der Waals surface area (Å²) in [5, 5.41) is 6.44. The van der Waals surface area contributed by atoms with Crippen LogP contribution in [0.2, 0.25) is 0 Å². The summed E-state index contributed by atoms with van der Waals surface area (Å²) in [6.45, 7) is 1.67. The number of carbonyl (C=O) groups excluding carboxylic acids is 1. The molecule has 18 heavy (non-hydrogen) atoms. The lowest BCUT2D eigenvalue weighted by molar-refractivity contribution is -0.122. The van der Waals surface area contributed by atoms with Gasteiger partial charge in [-0.3, -0.25) is 4.79 Å². The van der Waals surface area contributed by atoms with Crippen molar-refractivity contribution >= 4 is 5.91 Å². The molecule has 1 saturated heterocycles. The van der Waals surface area contributed by atoms with Crippen LogP contribution in [0.4, 0.5) is 0 Å². The highest BCUT2D eigenvalue weighted by Crippen LogP contribution is 2.40. The molecule has 3 nitrogen and oxygen atoms in total. The summed E-state index contributed by atoms with van der Waals surface area (Å²) in [6.07, 6.45) is 4.31. The molecule has 2 aliphatic rings. The van der Waals surface area contributed by atoms with E-state index in [4.69, 9.17) is 0 Å². The third-order valence-corrected chi connectivity index (χ3v) is 3.86. The molecule has 3 rings (SSSR count). The zero-order chi connectivity index (χ0) is 12.4. The van der Waals surface area contributed by atoms with Crippen molar-refractivity contribution in [2.75, 3.05) is 6.54 Å². The first-order chi connectivity index (χ1) is 8.81. The van der Waals surface area contributed by atoms with Gasteiger partial charge >= 0.3 is 0 Å². The molecule has 0 spiro atoms. The molecule has 1 unspecified atom stereocenters. The second kappa shape index (κ2) is 5.11. The van der Waals surface area contributed by atoms with Crippen LogP contribution in [-0.4, -0.2) is 18.5 Å². The normalized spacial score (nSPS) is 23.8. The number of amides is 1. The summed E-state index contributed by atoms with van der Waals surface area (Å²) >= 11 is 0. The van der Waals surface area contributed by atoms with E-state index in [1.807, 2.05) is 0 Å². The number of piperidine rings is 1. The topological polar surface area (TPSA) is 41.1 Å². The van der Waals surface area contributed by atoms with E-state index in [1.54, 1.807) is 0 Å². The van der Waals surface area contributed by atoms with E-state index in [9.17, 15) is 4.79 Å². The maximum absolute atomic E-state index is 11.1. The second-order valence-corrected chi connectivity index (χ2v) is 5.44. The van der Waals surface area contributed by atoms with Gasteiger partial charge in [-0.15, -0.1) is 0 Å². The lowest BCUT2D eigenvalue weighted by Gasteiger charge is -2.23. The number of nitrogens with one attached hydrogen (secondary N) is 2. The summed E-state index contributed by atoms with van der Waals surface area (Å²) in [7, 11) is 0. The fourth-order valence-corrected chi connectivity index (χ4v) is 2.54. The Balaban J connectivity index is 1.53. The Morgan fingerprint density at radius 2 is 2.17 bits per heavy atom. The van der Waals surface area contributed by atoms with Gasteiger partial charge in [0.1, 0.15) is 0 Å². The zero-order valence-electron chi connectivity index (χ0n) is 10.6. The molecule has 1 aromatic rings. The summed E-state index contributed by atoms with van der Waals surface area (Å²) < 4.78 is 0. The van der Waals surface area contributed by atoms with Gasteiger partial charge in [-0.1, -0.05) is 24.3 Å². The predicted octanol–water partition coefficient (Wildman–Crippen LogP) is 1.93. The average Bonchev–Trinajstić information content (AvgIpc) is 3.23. The third-order valence-electron chi connectivity index (χ3n) is 3.86. The Bertz CT molecular complexity index is 430. The smallest absolute Gasteiger partial charge is 0.220 e. The molecule has 1 aromatic carbocycles. The van der Waals surface area contributed by atoms with E-state index in [0.717, 1.165) is 25.4 Å². The van der Waals surface area contributed by atoms with Crippen molar-refractivity contribution in [1.29, 1.82) is 0 Å². The quantitative estimate of drug-likeness (QED) is 0.849. The van der Waals surface area contributed by atoms with Gasteiger partial charge in [-0.2, -0.15) is 0 Å². The molecule has 3 heteroatoms. The monoisotopic (exact) mass is 244 g/mol. The Morgan fingerprint density at radius 1 is 1.28 bits per heavy atom. The molecular weight excluding hydrogens is 224 g/mol. The Kier molecular flexibility index (Phi) is 3.33. The van der Waals surface area contributed by atoms with E-state index in [1.165, 1.54) is 24.0 Å². The summed E-state index contributed by atoms with van der Waals surface area (Å²) in [5.74, 6) is 1.00. The maximum atomic E-state index is 11.1. The molecule has 1 amide bonds. The van der Waals surface area contributed by atoms with Crippen LogP contribution < -0.4 is 10.6 Å². The average molecular weight is 244 g/mol. The molecule has 0 radical (unpaired) electrons. The van der Waals surface area contributed by atoms with E-state index in [-0.39, 0.29) is 5.91 Å². The second-order valence-electron chi connectivity index (χ2n) is 5.44. The number of hydrogen-bond donors (Lipinski definition) is 2. The first kappa shape index (κ1) is 11.7. The number of carbonyl (C=O) groups is 1. The Hall–Kier alpha value is -1.35. The van der Waals surface area contributed by atoms with Gasteiger partial charge in [0.2, 0.25) is 5.91 Å². The summed E-state index contributed by atoms with van der Waals surface area (Å²) in [6, 6.07) is 9.33. The van der Waals surface area contributed by atoms with Gasteiger partial charge in [-0.25, -0.2) is 0 Å². The highest BCUT2D eigenvalue weighted by atomic mass is 16.1. The molecule has 0 aromatic heterocycles. The van der Waals surface area contributed by atoms with E-state index in [2.05, 4.69) is 34.9 Å². The molecule has 1 atom stereocenters. The van der Waals surface area contributed by atoms with Crippen LogP contribution in [0.1, 0.15) is 42.7 Å². The van der Waals surface area contributed by atoms with Crippen LogP contribution in [0, 0.1) is 0 Å². The van der Waals surface area contributed by atoms with Crippen LogP contribution >= 0.6 is 0 Å². The number of hydrogen-bond acceptors (Lipinski definition) is 2. The predicted molar refractivity (Wildman–Crippen MR) is 71.3 cm³/mol. The van der Waals surface area contributed by atoms with Gasteiger partial charge < -0.3 is 10.6 Å². The summed E-state index contributed by atoms with van der Waals surface area (Å²) in [4.78, 5) is 11.1. The molecule has 1 saturated carbocycles. The van der Waals surface area contributed by atoms with Gasteiger partial charge in [0, 0.05) is 25.6 Å². The summed E-state index contributed by atoms with van der Waals surface area (Å²) in [5.41, 5.74) is 2.85. The minimum absolute atomic E-state index is 0.184. The molecule has 1 aliphatic carbocycles. The fourth-order valence-electron chi connectivity index (χ4n) is 2.54. The fraction of sp³-hybridized carbons (Fsp3) is 0.533. The lowest BCUT2D eigenvalue weighted by atomic mass is 10.0. The van der Waals surface area contributed by atoms with Crippen LogP contribution in [0.15, 0.2) is 24.3 Å². The van der Waals surface area contributed by atoms with Gasteiger partial charge in [0.15, 0.2) is 0 Å². The largest absolute Gasteiger partial charge is 0.355 e. The minimum atomic E-state index is 0.184. The Morgan fingerprint density at radius 3 is 2.89 bits per heavy atom. The molecule has 1 aliphatic heterocycles. The SMILES string of the molecule is O=C1CCC(NCc2cccc(C3CC3)c2)CN1. The Labute approximate surface area is 108 Å². The van der Waals surface area contributed by atoms with Crippen LogP contribution in [-0.2, 0) is 11.3 Å². The first-order valence-corrected chi connectivity index (χ1v) is 6.90. The van der Waals surface area contributed by atoms with E-state index < -0.39 is 0 Å². The molecule has 2 fully saturated rings. The first-order valence-electron chi connectivity index (χ1n) is 6.90. The zero-order valence-corrected chi connectivity index (χ0v) is 10.6. The van der Waals surface area contributed by atoms with Crippen molar-refractivity contribution in [3.63, 3.8) is 0 Å². The van der Waals surface area contributed by atoms with Crippen molar-refractivity contribution in [2.24, 2.45) is 0 Å². The number of benzene rings is 1. The van der Waals surface area contributed by atoms with Gasteiger partial charge in [-0.05, 0) is 36.3 Å². The van der Waals surface area contributed by atoms with Crippen molar-refractivity contribution in [2.45, 2.75) is 44.2 Å².